The summed E-state index contributed by atoms with van der Waals surface area (Å²) >= 11 is 3.22. The van der Waals surface area contributed by atoms with Crippen molar-refractivity contribution in [3.05, 3.63) is 28.2 Å². The van der Waals surface area contributed by atoms with E-state index in [0.717, 1.165) is 0 Å². The molecule has 1 aliphatic rings. The third-order valence-corrected chi connectivity index (χ3v) is 4.55. The number of carbonyl (C=O) groups excluding carboxylic acids is 1. The lowest BCUT2D eigenvalue weighted by atomic mass is 10.1. The van der Waals surface area contributed by atoms with Gasteiger partial charge in [-0.25, -0.2) is 0 Å². The predicted octanol–water partition coefficient (Wildman–Crippen LogP) is 1.97. The Morgan fingerprint density at radius 2 is 2.20 bits per heavy atom. The molecule has 0 N–H and O–H groups in total. The first kappa shape index (κ1) is 14.9. The van der Waals surface area contributed by atoms with E-state index in [1.807, 2.05) is 6.07 Å². The number of halogens is 2. The van der Waals surface area contributed by atoms with Gasteiger partial charge in [-0.1, -0.05) is 0 Å². The van der Waals surface area contributed by atoms with Gasteiger partial charge < -0.3 is 4.90 Å². The second-order valence-electron chi connectivity index (χ2n) is 4.56. The molecule has 1 heterocycles. The predicted molar refractivity (Wildman–Crippen MR) is 74.2 cm³/mol. The van der Waals surface area contributed by atoms with E-state index in [1.54, 1.807) is 18.2 Å². The third-order valence-electron chi connectivity index (χ3n) is 3.02. The highest BCUT2D eigenvalue weighted by Gasteiger charge is 2.33. The third kappa shape index (κ3) is 3.35. The van der Waals surface area contributed by atoms with Crippen LogP contribution < -0.4 is 4.90 Å². The Morgan fingerprint density at radius 1 is 1.50 bits per heavy atom. The monoisotopic (exact) mass is 360 g/mol. The van der Waals surface area contributed by atoms with Crippen LogP contribution in [0.3, 0.4) is 0 Å². The van der Waals surface area contributed by atoms with Crippen LogP contribution in [0.15, 0.2) is 22.7 Å². The molecule has 0 aliphatic carbocycles. The summed E-state index contributed by atoms with van der Waals surface area (Å²) in [4.78, 5) is 13.3. The van der Waals surface area contributed by atoms with E-state index in [-0.39, 0.29) is 18.9 Å². The average molecular weight is 361 g/mol. The topological polar surface area (TPSA) is 78.2 Å². The smallest absolute Gasteiger partial charge is 0.302 e. The largest absolute Gasteiger partial charge is 0.312 e. The SMILES string of the molecule is N#Cc1ccc(N2CC(CS(=O)(=O)F)CC2=O)cc1Br. The molecule has 0 radical (unpaired) electrons. The van der Waals surface area contributed by atoms with E-state index in [4.69, 9.17) is 5.26 Å². The molecule has 5 nitrogen and oxygen atoms in total. The minimum Gasteiger partial charge on any atom is -0.312 e. The minimum absolute atomic E-state index is 0.000764. The lowest BCUT2D eigenvalue weighted by Crippen LogP contribution is -2.25. The highest BCUT2D eigenvalue weighted by Crippen LogP contribution is 2.29. The van der Waals surface area contributed by atoms with Gasteiger partial charge in [-0.05, 0) is 34.1 Å². The summed E-state index contributed by atoms with van der Waals surface area (Å²) in [5.74, 6) is -1.45. The van der Waals surface area contributed by atoms with Crippen LogP contribution in [-0.2, 0) is 15.0 Å². The van der Waals surface area contributed by atoms with Crippen molar-refractivity contribution in [1.29, 1.82) is 5.26 Å². The van der Waals surface area contributed by atoms with E-state index >= 15 is 0 Å². The Labute approximate surface area is 124 Å². The first-order chi connectivity index (χ1) is 9.30. The van der Waals surface area contributed by atoms with Crippen LogP contribution in [0, 0.1) is 17.2 Å². The van der Waals surface area contributed by atoms with Crippen LogP contribution in [0.1, 0.15) is 12.0 Å². The number of anilines is 1. The fourth-order valence-corrected chi connectivity index (χ4v) is 3.43. The summed E-state index contributed by atoms with van der Waals surface area (Å²) in [7, 11) is -4.59. The number of nitrogens with zero attached hydrogens (tertiary/aromatic N) is 2. The van der Waals surface area contributed by atoms with Gasteiger partial charge in [0.05, 0.1) is 11.3 Å². The second-order valence-corrected chi connectivity index (χ2v) is 6.82. The molecule has 0 bridgehead atoms. The Morgan fingerprint density at radius 3 is 2.75 bits per heavy atom. The van der Waals surface area contributed by atoms with Gasteiger partial charge in [0.25, 0.3) is 0 Å². The highest BCUT2D eigenvalue weighted by atomic mass is 79.9. The number of benzene rings is 1. The maximum Gasteiger partial charge on any atom is 0.302 e. The van der Waals surface area contributed by atoms with Crippen LogP contribution in [0.2, 0.25) is 0 Å². The van der Waals surface area contributed by atoms with Crippen molar-refractivity contribution < 1.29 is 17.1 Å². The van der Waals surface area contributed by atoms with Crippen molar-refractivity contribution in [2.75, 3.05) is 17.2 Å². The molecule has 1 saturated heterocycles. The molecule has 2 rings (SSSR count). The van der Waals surface area contributed by atoms with Crippen LogP contribution in [0.25, 0.3) is 0 Å². The first-order valence-electron chi connectivity index (χ1n) is 5.72. The van der Waals surface area contributed by atoms with E-state index in [2.05, 4.69) is 15.9 Å². The number of hydrogen-bond acceptors (Lipinski definition) is 4. The zero-order valence-electron chi connectivity index (χ0n) is 10.2. The van der Waals surface area contributed by atoms with Gasteiger partial charge in [-0.2, -0.15) is 13.7 Å². The zero-order valence-corrected chi connectivity index (χ0v) is 12.6. The minimum atomic E-state index is -4.59. The van der Waals surface area contributed by atoms with E-state index in [9.17, 15) is 17.1 Å². The van der Waals surface area contributed by atoms with Gasteiger partial charge in [-0.3, -0.25) is 4.79 Å². The van der Waals surface area contributed by atoms with Gasteiger partial charge in [0.2, 0.25) is 5.91 Å². The Kier molecular flexibility index (Phi) is 4.11. The van der Waals surface area contributed by atoms with E-state index in [1.165, 1.54) is 4.90 Å². The molecule has 1 aromatic rings. The van der Waals surface area contributed by atoms with Crippen LogP contribution in [0.5, 0.6) is 0 Å². The standard InChI is InChI=1S/C12H10BrFN2O3S/c13-11-4-10(2-1-9(11)5-15)16-6-8(3-12(16)17)7-20(14,18)19/h1-2,4,8H,3,6-7H2. The van der Waals surface area contributed by atoms with Crippen molar-refractivity contribution in [2.24, 2.45) is 5.92 Å². The molecule has 1 unspecified atom stereocenters. The van der Waals surface area contributed by atoms with Crippen molar-refractivity contribution in [3.8, 4) is 6.07 Å². The molecule has 1 aliphatic heterocycles. The summed E-state index contributed by atoms with van der Waals surface area (Å²) < 4.78 is 34.5. The molecule has 0 aromatic heterocycles. The number of hydrogen-bond donors (Lipinski definition) is 0. The Hall–Kier alpha value is -1.46. The molecule has 8 heteroatoms. The summed E-state index contributed by atoms with van der Waals surface area (Å²) in [6.07, 6.45) is 0.000764. The maximum absolute atomic E-state index is 12.7. The molecule has 1 atom stereocenters. The van der Waals surface area contributed by atoms with Gasteiger partial charge in [0, 0.05) is 29.0 Å². The number of carbonyl (C=O) groups is 1. The molecule has 1 aromatic carbocycles. The quantitative estimate of drug-likeness (QED) is 0.772. The normalized spacial score (nSPS) is 19.1. The molecule has 20 heavy (non-hydrogen) atoms. The van der Waals surface area contributed by atoms with Crippen LogP contribution in [-0.4, -0.2) is 26.6 Å². The van der Waals surface area contributed by atoms with Crippen molar-refractivity contribution in [1.82, 2.24) is 0 Å². The highest BCUT2D eigenvalue weighted by molar-refractivity contribution is 9.10. The van der Waals surface area contributed by atoms with Gasteiger partial charge in [0.1, 0.15) is 6.07 Å². The fourth-order valence-electron chi connectivity index (χ4n) is 2.19. The van der Waals surface area contributed by atoms with Gasteiger partial charge in [-0.15, -0.1) is 3.89 Å². The molecule has 0 saturated carbocycles. The molecule has 0 spiro atoms. The number of rotatable bonds is 3. The summed E-state index contributed by atoms with van der Waals surface area (Å²) in [6, 6.07) is 6.76. The molecular formula is C12H10BrFN2O3S. The summed E-state index contributed by atoms with van der Waals surface area (Å²) in [5.41, 5.74) is 0.989. The van der Waals surface area contributed by atoms with Crippen molar-refractivity contribution >= 4 is 37.7 Å². The zero-order chi connectivity index (χ0) is 14.9. The van der Waals surface area contributed by atoms with E-state index < -0.39 is 21.9 Å². The summed E-state index contributed by atoms with van der Waals surface area (Å²) in [6.45, 7) is 0.153. The lowest BCUT2D eigenvalue weighted by molar-refractivity contribution is -0.117. The molecule has 106 valence electrons. The molecule has 1 fully saturated rings. The number of nitriles is 1. The average Bonchev–Trinajstić information content (AvgIpc) is 2.67. The summed E-state index contributed by atoms with van der Waals surface area (Å²) in [5, 5.41) is 8.83. The second kappa shape index (κ2) is 5.50. The van der Waals surface area contributed by atoms with Crippen LogP contribution in [0.4, 0.5) is 9.57 Å². The Bertz CT molecular complexity index is 699. The van der Waals surface area contributed by atoms with E-state index in [0.29, 0.717) is 15.7 Å². The van der Waals surface area contributed by atoms with Crippen molar-refractivity contribution in [3.63, 3.8) is 0 Å². The first-order valence-corrected chi connectivity index (χ1v) is 8.07. The van der Waals surface area contributed by atoms with Crippen LogP contribution >= 0.6 is 15.9 Å². The van der Waals surface area contributed by atoms with Crippen molar-refractivity contribution in [2.45, 2.75) is 6.42 Å². The van der Waals surface area contributed by atoms with Gasteiger partial charge >= 0.3 is 10.2 Å². The lowest BCUT2D eigenvalue weighted by Gasteiger charge is -2.17. The Balaban J connectivity index is 2.20. The fraction of sp³-hybridized carbons (Fsp3) is 0.333. The molecule has 1 amide bonds. The van der Waals surface area contributed by atoms with Gasteiger partial charge in [0.15, 0.2) is 0 Å². The maximum atomic E-state index is 12.7. The molecular weight excluding hydrogens is 351 g/mol. The number of amides is 1.